The second-order valence-electron chi connectivity index (χ2n) is 5.14. The minimum atomic E-state index is -0.564. The molecular weight excluding hydrogens is 268 g/mol. The van der Waals surface area contributed by atoms with Crippen molar-refractivity contribution in [3.8, 4) is 5.75 Å². The minimum Gasteiger partial charge on any atom is -0.483 e. The molecule has 1 aromatic rings. The van der Waals surface area contributed by atoms with Crippen LogP contribution in [0.3, 0.4) is 0 Å². The molecule has 0 aliphatic carbocycles. The quantitative estimate of drug-likeness (QED) is 0.804. The summed E-state index contributed by atoms with van der Waals surface area (Å²) in [4.78, 5) is 23.4. The van der Waals surface area contributed by atoms with E-state index >= 15 is 0 Å². The first-order valence-electron chi connectivity index (χ1n) is 7.21. The SMILES string of the molecule is CCCNC(=O)[C@@H](C)NC(=O)COc1cc(C)ccc1C. The smallest absolute Gasteiger partial charge is 0.258 e. The lowest BCUT2D eigenvalue weighted by molar-refractivity contribution is -0.129. The van der Waals surface area contributed by atoms with E-state index in [1.54, 1.807) is 6.92 Å². The molecule has 0 aliphatic heterocycles. The lowest BCUT2D eigenvalue weighted by atomic mass is 10.1. The van der Waals surface area contributed by atoms with E-state index in [1.807, 2.05) is 39.0 Å². The molecule has 1 rings (SSSR count). The van der Waals surface area contributed by atoms with E-state index in [2.05, 4.69) is 10.6 Å². The Morgan fingerprint density at radius 1 is 1.29 bits per heavy atom. The van der Waals surface area contributed by atoms with Crippen molar-refractivity contribution in [3.63, 3.8) is 0 Å². The molecule has 0 bridgehead atoms. The second-order valence-corrected chi connectivity index (χ2v) is 5.14. The highest BCUT2D eigenvalue weighted by Crippen LogP contribution is 2.18. The molecule has 2 N–H and O–H groups in total. The number of carbonyl (C=O) groups excluding carboxylic acids is 2. The van der Waals surface area contributed by atoms with Crippen molar-refractivity contribution >= 4 is 11.8 Å². The van der Waals surface area contributed by atoms with Crippen molar-refractivity contribution in [3.05, 3.63) is 29.3 Å². The van der Waals surface area contributed by atoms with Crippen LogP contribution in [0, 0.1) is 13.8 Å². The molecule has 116 valence electrons. The standard InChI is InChI=1S/C16H24N2O3/c1-5-8-17-16(20)13(4)18-15(19)10-21-14-9-11(2)6-7-12(14)3/h6-7,9,13H,5,8,10H2,1-4H3,(H,17,20)(H,18,19)/t13-/m1/s1. The van der Waals surface area contributed by atoms with Crippen LogP contribution in [0.1, 0.15) is 31.4 Å². The Bertz CT molecular complexity index is 500. The van der Waals surface area contributed by atoms with Crippen molar-refractivity contribution in [1.29, 1.82) is 0 Å². The minimum absolute atomic E-state index is 0.101. The molecule has 2 amide bonds. The van der Waals surface area contributed by atoms with Gasteiger partial charge in [0, 0.05) is 6.54 Å². The number of nitrogens with one attached hydrogen (secondary N) is 2. The highest BCUT2D eigenvalue weighted by Gasteiger charge is 2.15. The zero-order valence-electron chi connectivity index (χ0n) is 13.2. The van der Waals surface area contributed by atoms with Crippen molar-refractivity contribution in [2.24, 2.45) is 0 Å². The summed E-state index contributed by atoms with van der Waals surface area (Å²) in [6, 6.07) is 5.26. The Labute approximate surface area is 126 Å². The molecule has 0 radical (unpaired) electrons. The monoisotopic (exact) mass is 292 g/mol. The van der Waals surface area contributed by atoms with Crippen molar-refractivity contribution in [2.75, 3.05) is 13.2 Å². The first-order valence-corrected chi connectivity index (χ1v) is 7.21. The van der Waals surface area contributed by atoms with E-state index in [0.29, 0.717) is 12.3 Å². The number of hydrogen-bond acceptors (Lipinski definition) is 3. The normalized spacial score (nSPS) is 11.6. The van der Waals surface area contributed by atoms with E-state index in [1.165, 1.54) is 0 Å². The molecule has 0 saturated carbocycles. The van der Waals surface area contributed by atoms with Crippen molar-refractivity contribution in [1.82, 2.24) is 10.6 Å². The summed E-state index contributed by atoms with van der Waals surface area (Å²) in [5, 5.41) is 5.35. The van der Waals surface area contributed by atoms with Gasteiger partial charge < -0.3 is 15.4 Å². The van der Waals surface area contributed by atoms with Gasteiger partial charge in [0.25, 0.3) is 5.91 Å². The van der Waals surface area contributed by atoms with Gasteiger partial charge in [-0.25, -0.2) is 0 Å². The molecule has 1 aromatic carbocycles. The Balaban J connectivity index is 2.43. The van der Waals surface area contributed by atoms with Gasteiger partial charge >= 0.3 is 0 Å². The summed E-state index contributed by atoms with van der Waals surface area (Å²) in [6.45, 7) is 8.02. The summed E-state index contributed by atoms with van der Waals surface area (Å²) in [6.07, 6.45) is 0.863. The van der Waals surface area contributed by atoms with Gasteiger partial charge in [0.05, 0.1) is 0 Å². The van der Waals surface area contributed by atoms with Gasteiger partial charge in [-0.2, -0.15) is 0 Å². The van der Waals surface area contributed by atoms with Crippen LogP contribution >= 0.6 is 0 Å². The van der Waals surface area contributed by atoms with E-state index < -0.39 is 6.04 Å². The van der Waals surface area contributed by atoms with Crippen LogP contribution in [0.5, 0.6) is 5.75 Å². The molecular formula is C16H24N2O3. The van der Waals surface area contributed by atoms with Gasteiger partial charge in [-0.1, -0.05) is 19.1 Å². The Hall–Kier alpha value is -2.04. The summed E-state index contributed by atoms with van der Waals surface area (Å²) < 4.78 is 5.50. The molecule has 0 fully saturated rings. The molecule has 1 atom stereocenters. The van der Waals surface area contributed by atoms with Crippen LogP contribution in [0.2, 0.25) is 0 Å². The Kier molecular flexibility index (Phi) is 6.72. The number of rotatable bonds is 7. The maximum Gasteiger partial charge on any atom is 0.258 e. The molecule has 0 saturated heterocycles. The fourth-order valence-electron chi connectivity index (χ4n) is 1.76. The van der Waals surface area contributed by atoms with Crippen molar-refractivity contribution in [2.45, 2.75) is 40.2 Å². The molecule has 5 nitrogen and oxygen atoms in total. The van der Waals surface area contributed by atoms with E-state index in [-0.39, 0.29) is 18.4 Å². The number of hydrogen-bond donors (Lipinski definition) is 2. The maximum atomic E-state index is 11.8. The first-order chi connectivity index (χ1) is 9.93. The van der Waals surface area contributed by atoms with Crippen LogP contribution in [-0.4, -0.2) is 31.0 Å². The largest absolute Gasteiger partial charge is 0.483 e. The average molecular weight is 292 g/mol. The number of amides is 2. The van der Waals surface area contributed by atoms with E-state index in [0.717, 1.165) is 17.5 Å². The third kappa shape index (κ3) is 5.85. The lowest BCUT2D eigenvalue weighted by Crippen LogP contribution is -2.46. The van der Waals surface area contributed by atoms with E-state index in [9.17, 15) is 9.59 Å². The van der Waals surface area contributed by atoms with Crippen LogP contribution in [0.15, 0.2) is 18.2 Å². The summed E-state index contributed by atoms with van der Waals surface area (Å²) in [7, 11) is 0. The van der Waals surface area contributed by atoms with E-state index in [4.69, 9.17) is 4.74 Å². The van der Waals surface area contributed by atoms with Gasteiger partial charge in [0.2, 0.25) is 5.91 Å². The van der Waals surface area contributed by atoms with Crippen LogP contribution in [0.25, 0.3) is 0 Å². The highest BCUT2D eigenvalue weighted by atomic mass is 16.5. The van der Waals surface area contributed by atoms with Gasteiger partial charge in [-0.05, 0) is 44.4 Å². The fraction of sp³-hybridized carbons (Fsp3) is 0.500. The number of benzene rings is 1. The zero-order valence-corrected chi connectivity index (χ0v) is 13.2. The van der Waals surface area contributed by atoms with Gasteiger partial charge in [0.1, 0.15) is 11.8 Å². The van der Waals surface area contributed by atoms with Crippen LogP contribution in [0.4, 0.5) is 0 Å². The summed E-state index contributed by atoms with van der Waals surface area (Å²) >= 11 is 0. The third-order valence-corrected chi connectivity index (χ3v) is 3.02. The number of carbonyl (C=O) groups is 2. The summed E-state index contributed by atoms with van der Waals surface area (Å²) in [5.41, 5.74) is 2.05. The molecule has 0 spiro atoms. The van der Waals surface area contributed by atoms with Crippen LogP contribution < -0.4 is 15.4 Å². The highest BCUT2D eigenvalue weighted by molar-refractivity contribution is 5.87. The Morgan fingerprint density at radius 3 is 2.67 bits per heavy atom. The predicted molar refractivity (Wildman–Crippen MR) is 82.3 cm³/mol. The average Bonchev–Trinajstić information content (AvgIpc) is 2.45. The summed E-state index contributed by atoms with van der Waals surface area (Å²) in [5.74, 6) is 0.195. The topological polar surface area (TPSA) is 67.4 Å². The van der Waals surface area contributed by atoms with Gasteiger partial charge in [-0.3, -0.25) is 9.59 Å². The number of ether oxygens (including phenoxy) is 1. The van der Waals surface area contributed by atoms with Crippen LogP contribution in [-0.2, 0) is 9.59 Å². The molecule has 5 heteroatoms. The first kappa shape index (κ1) is 17.0. The zero-order chi connectivity index (χ0) is 15.8. The van der Waals surface area contributed by atoms with Crippen molar-refractivity contribution < 1.29 is 14.3 Å². The lowest BCUT2D eigenvalue weighted by Gasteiger charge is -2.15. The molecule has 0 heterocycles. The molecule has 21 heavy (non-hydrogen) atoms. The molecule has 0 aromatic heterocycles. The maximum absolute atomic E-state index is 11.8. The second kappa shape index (κ2) is 8.29. The number of aryl methyl sites for hydroxylation is 2. The fourth-order valence-corrected chi connectivity index (χ4v) is 1.76. The third-order valence-electron chi connectivity index (χ3n) is 3.02. The molecule has 0 aliphatic rings. The Morgan fingerprint density at radius 2 is 2.00 bits per heavy atom. The predicted octanol–water partition coefficient (Wildman–Crippen LogP) is 1.71. The van der Waals surface area contributed by atoms with Gasteiger partial charge in [-0.15, -0.1) is 0 Å². The van der Waals surface area contributed by atoms with Gasteiger partial charge in [0.15, 0.2) is 6.61 Å². The molecule has 0 unspecified atom stereocenters.